The zero-order valence-corrected chi connectivity index (χ0v) is 11.0. The van der Waals surface area contributed by atoms with Crippen molar-refractivity contribution in [3.05, 3.63) is 17.5 Å². The van der Waals surface area contributed by atoms with E-state index in [0.717, 1.165) is 24.4 Å². The summed E-state index contributed by atoms with van der Waals surface area (Å²) in [5.41, 5.74) is 2.00. The maximum atomic E-state index is 10.3. The smallest absolute Gasteiger partial charge is 0.0959 e. The summed E-state index contributed by atoms with van der Waals surface area (Å²) in [4.78, 5) is 0. The summed E-state index contributed by atoms with van der Waals surface area (Å²) >= 11 is 0. The Hall–Kier alpha value is -0.830. The first-order chi connectivity index (χ1) is 8.20. The molecule has 1 fully saturated rings. The van der Waals surface area contributed by atoms with Crippen molar-refractivity contribution in [1.82, 2.24) is 9.78 Å². The van der Waals surface area contributed by atoms with E-state index in [0.29, 0.717) is 5.92 Å². The molecule has 3 heteroatoms. The average molecular weight is 236 g/mol. The lowest BCUT2D eigenvalue weighted by molar-refractivity contribution is 0.122. The van der Waals surface area contributed by atoms with Crippen molar-refractivity contribution < 1.29 is 5.11 Å². The third kappa shape index (κ3) is 3.09. The van der Waals surface area contributed by atoms with Gasteiger partial charge in [0.25, 0.3) is 0 Å². The molecule has 0 aromatic carbocycles. The van der Waals surface area contributed by atoms with Gasteiger partial charge in [-0.15, -0.1) is 0 Å². The summed E-state index contributed by atoms with van der Waals surface area (Å²) in [6.07, 6.45) is 7.20. The van der Waals surface area contributed by atoms with Gasteiger partial charge in [0.15, 0.2) is 0 Å². The molecule has 0 bridgehead atoms. The Morgan fingerprint density at radius 3 is 2.76 bits per heavy atom. The number of aliphatic hydroxyl groups excluding tert-OH is 1. The minimum absolute atomic E-state index is 0.334. The topological polar surface area (TPSA) is 38.0 Å². The Kier molecular flexibility index (Phi) is 4.21. The molecule has 1 atom stereocenters. The second-order valence-corrected chi connectivity index (χ2v) is 5.28. The lowest BCUT2D eigenvalue weighted by Gasteiger charge is -2.24. The quantitative estimate of drug-likeness (QED) is 0.871. The fourth-order valence-electron chi connectivity index (χ4n) is 2.95. The standard InChI is InChI=1S/C14H24N2O/c1-3-16-13(9-11(2)15-16)14(17)10-12-7-5-4-6-8-12/h9,12,14,17H,3-8,10H2,1-2H3. The van der Waals surface area contributed by atoms with Crippen LogP contribution in [-0.4, -0.2) is 14.9 Å². The predicted molar refractivity (Wildman–Crippen MR) is 68.8 cm³/mol. The third-order valence-corrected chi connectivity index (χ3v) is 3.86. The Bertz CT molecular complexity index is 353. The van der Waals surface area contributed by atoms with Gasteiger partial charge < -0.3 is 5.11 Å². The Labute approximate surface area is 104 Å². The van der Waals surface area contributed by atoms with E-state index in [1.807, 2.05) is 17.7 Å². The fourth-order valence-corrected chi connectivity index (χ4v) is 2.95. The molecule has 1 aromatic rings. The van der Waals surface area contributed by atoms with Crippen molar-refractivity contribution >= 4 is 0 Å². The van der Waals surface area contributed by atoms with Gasteiger partial charge in [0, 0.05) is 6.54 Å². The summed E-state index contributed by atoms with van der Waals surface area (Å²) in [5, 5.41) is 14.7. The minimum atomic E-state index is -0.334. The van der Waals surface area contributed by atoms with Crippen LogP contribution in [0.15, 0.2) is 6.07 Å². The van der Waals surface area contributed by atoms with Gasteiger partial charge >= 0.3 is 0 Å². The molecule has 17 heavy (non-hydrogen) atoms. The van der Waals surface area contributed by atoms with Crippen LogP contribution in [-0.2, 0) is 6.54 Å². The number of aliphatic hydroxyl groups is 1. The third-order valence-electron chi connectivity index (χ3n) is 3.86. The summed E-state index contributed by atoms with van der Waals surface area (Å²) in [6, 6.07) is 2.02. The van der Waals surface area contributed by atoms with Gasteiger partial charge in [0.05, 0.1) is 17.5 Å². The van der Waals surface area contributed by atoms with Crippen molar-refractivity contribution in [3.8, 4) is 0 Å². The molecule has 1 N–H and O–H groups in total. The van der Waals surface area contributed by atoms with Crippen molar-refractivity contribution in [2.75, 3.05) is 0 Å². The van der Waals surface area contributed by atoms with Gasteiger partial charge in [0.2, 0.25) is 0 Å². The van der Waals surface area contributed by atoms with Crippen LogP contribution < -0.4 is 0 Å². The van der Waals surface area contributed by atoms with E-state index in [9.17, 15) is 5.11 Å². The molecule has 1 aliphatic rings. The summed E-state index contributed by atoms with van der Waals surface area (Å²) in [6.45, 7) is 4.90. The molecule has 0 saturated heterocycles. The molecule has 96 valence electrons. The number of nitrogens with zero attached hydrogens (tertiary/aromatic N) is 2. The summed E-state index contributed by atoms with van der Waals surface area (Å²) in [5.74, 6) is 0.708. The molecule has 1 unspecified atom stereocenters. The molecule has 1 saturated carbocycles. The van der Waals surface area contributed by atoms with Crippen molar-refractivity contribution in [3.63, 3.8) is 0 Å². The van der Waals surface area contributed by atoms with E-state index in [1.165, 1.54) is 32.1 Å². The second kappa shape index (κ2) is 5.67. The van der Waals surface area contributed by atoms with E-state index in [2.05, 4.69) is 12.0 Å². The van der Waals surface area contributed by atoms with E-state index in [4.69, 9.17) is 0 Å². The maximum Gasteiger partial charge on any atom is 0.0959 e. The van der Waals surface area contributed by atoms with Gasteiger partial charge in [-0.25, -0.2) is 0 Å². The predicted octanol–water partition coefficient (Wildman–Crippen LogP) is 3.22. The van der Waals surface area contributed by atoms with E-state index < -0.39 is 0 Å². The molecular weight excluding hydrogens is 212 g/mol. The first kappa shape index (κ1) is 12.6. The van der Waals surface area contributed by atoms with Crippen LogP contribution >= 0.6 is 0 Å². The maximum absolute atomic E-state index is 10.3. The van der Waals surface area contributed by atoms with Crippen LogP contribution in [0, 0.1) is 12.8 Å². The largest absolute Gasteiger partial charge is 0.387 e. The van der Waals surface area contributed by atoms with Gasteiger partial charge in [-0.2, -0.15) is 5.10 Å². The van der Waals surface area contributed by atoms with Crippen LogP contribution in [0.5, 0.6) is 0 Å². The lowest BCUT2D eigenvalue weighted by Crippen LogP contribution is -2.14. The Morgan fingerprint density at radius 2 is 2.12 bits per heavy atom. The highest BCUT2D eigenvalue weighted by atomic mass is 16.3. The number of aromatic nitrogens is 2. The normalized spacial score (nSPS) is 19.5. The van der Waals surface area contributed by atoms with Gasteiger partial charge in [-0.1, -0.05) is 32.1 Å². The molecule has 1 heterocycles. The molecule has 0 spiro atoms. The van der Waals surface area contributed by atoms with Crippen LogP contribution in [0.3, 0.4) is 0 Å². The summed E-state index contributed by atoms with van der Waals surface area (Å²) < 4.78 is 1.93. The molecule has 2 rings (SSSR count). The highest BCUT2D eigenvalue weighted by Gasteiger charge is 2.21. The molecule has 0 aliphatic heterocycles. The highest BCUT2D eigenvalue weighted by Crippen LogP contribution is 2.31. The Morgan fingerprint density at radius 1 is 1.41 bits per heavy atom. The number of aryl methyl sites for hydroxylation is 2. The molecule has 1 aromatic heterocycles. The number of rotatable bonds is 4. The van der Waals surface area contributed by atoms with Crippen LogP contribution in [0.25, 0.3) is 0 Å². The van der Waals surface area contributed by atoms with Gasteiger partial charge in [0.1, 0.15) is 0 Å². The molecular formula is C14H24N2O. The van der Waals surface area contributed by atoms with Gasteiger partial charge in [-0.3, -0.25) is 4.68 Å². The summed E-state index contributed by atoms with van der Waals surface area (Å²) in [7, 11) is 0. The van der Waals surface area contributed by atoms with E-state index in [-0.39, 0.29) is 6.10 Å². The van der Waals surface area contributed by atoms with Crippen LogP contribution in [0.2, 0.25) is 0 Å². The number of hydrogen-bond donors (Lipinski definition) is 1. The average Bonchev–Trinajstić information content (AvgIpc) is 2.72. The highest BCUT2D eigenvalue weighted by molar-refractivity contribution is 5.11. The SMILES string of the molecule is CCn1nc(C)cc1C(O)CC1CCCCC1. The van der Waals surface area contributed by atoms with E-state index >= 15 is 0 Å². The first-order valence-electron chi connectivity index (χ1n) is 6.93. The van der Waals surface area contributed by atoms with Crippen LogP contribution in [0.4, 0.5) is 0 Å². The van der Waals surface area contributed by atoms with Crippen molar-refractivity contribution in [2.45, 2.75) is 65.0 Å². The zero-order valence-electron chi connectivity index (χ0n) is 11.0. The second-order valence-electron chi connectivity index (χ2n) is 5.28. The van der Waals surface area contributed by atoms with Crippen molar-refractivity contribution in [1.29, 1.82) is 0 Å². The van der Waals surface area contributed by atoms with Gasteiger partial charge in [-0.05, 0) is 32.3 Å². The molecule has 1 aliphatic carbocycles. The molecule has 0 radical (unpaired) electrons. The molecule has 0 amide bonds. The van der Waals surface area contributed by atoms with E-state index in [1.54, 1.807) is 0 Å². The first-order valence-corrected chi connectivity index (χ1v) is 6.93. The monoisotopic (exact) mass is 236 g/mol. The lowest BCUT2D eigenvalue weighted by atomic mass is 9.85. The van der Waals surface area contributed by atoms with Crippen molar-refractivity contribution in [2.24, 2.45) is 5.92 Å². The number of hydrogen-bond acceptors (Lipinski definition) is 2. The van der Waals surface area contributed by atoms with Crippen LogP contribution in [0.1, 0.15) is 62.9 Å². The minimum Gasteiger partial charge on any atom is -0.387 e. The zero-order chi connectivity index (χ0) is 12.3. The molecule has 3 nitrogen and oxygen atoms in total. The Balaban J connectivity index is 2.00. The fraction of sp³-hybridized carbons (Fsp3) is 0.786.